The van der Waals surface area contributed by atoms with E-state index in [-0.39, 0.29) is 24.5 Å². The maximum Gasteiger partial charge on any atom is 0.317 e. The highest BCUT2D eigenvalue weighted by atomic mass is 16.4. The van der Waals surface area contributed by atoms with E-state index in [2.05, 4.69) is 10.2 Å². The van der Waals surface area contributed by atoms with E-state index in [9.17, 15) is 9.59 Å². The lowest BCUT2D eigenvalue weighted by atomic mass is 9.81. The third-order valence-corrected chi connectivity index (χ3v) is 5.56. The summed E-state index contributed by atoms with van der Waals surface area (Å²) in [6.07, 6.45) is 4.12. The van der Waals surface area contributed by atoms with Gasteiger partial charge in [-0.1, -0.05) is 30.3 Å². The molecule has 2 fully saturated rings. The molecular weight excluding hydrogens is 316 g/mol. The predicted octanol–water partition coefficient (Wildman–Crippen LogP) is 2.41. The second kappa shape index (κ2) is 7.16. The van der Waals surface area contributed by atoms with Gasteiger partial charge in [0.05, 0.1) is 12.0 Å². The van der Waals surface area contributed by atoms with Crippen LogP contribution < -0.4 is 5.32 Å². The lowest BCUT2D eigenvalue weighted by Gasteiger charge is -2.43. The third-order valence-electron chi connectivity index (χ3n) is 5.56. The molecule has 1 aromatic rings. The number of carboxylic acids is 1. The first-order valence-electron chi connectivity index (χ1n) is 9.18. The Kier molecular flexibility index (Phi) is 5.13. The Balaban J connectivity index is 1.52. The Hall–Kier alpha value is -1.88. The van der Waals surface area contributed by atoms with Crippen LogP contribution in [-0.2, 0) is 15.0 Å². The van der Waals surface area contributed by atoms with Crippen LogP contribution in [0.1, 0.15) is 45.1 Å². The van der Waals surface area contributed by atoms with Crippen LogP contribution in [0.25, 0.3) is 0 Å². The van der Waals surface area contributed by atoms with E-state index in [0.717, 1.165) is 24.9 Å². The summed E-state index contributed by atoms with van der Waals surface area (Å²) in [6, 6.07) is 10.2. The molecule has 136 valence electrons. The summed E-state index contributed by atoms with van der Waals surface area (Å²) in [5.74, 6) is -0.0579. The Morgan fingerprint density at radius 2 is 1.84 bits per heavy atom. The smallest absolute Gasteiger partial charge is 0.317 e. The van der Waals surface area contributed by atoms with Gasteiger partial charge in [-0.2, -0.15) is 0 Å². The number of carbonyl (C=O) groups is 2. The maximum atomic E-state index is 12.7. The zero-order chi connectivity index (χ0) is 18.0. The van der Waals surface area contributed by atoms with Crippen LogP contribution in [0.3, 0.4) is 0 Å². The summed E-state index contributed by atoms with van der Waals surface area (Å²) in [4.78, 5) is 25.9. The van der Waals surface area contributed by atoms with Crippen molar-refractivity contribution in [3.8, 4) is 0 Å². The average molecular weight is 344 g/mol. The van der Waals surface area contributed by atoms with E-state index in [0.29, 0.717) is 5.92 Å². The molecule has 5 heteroatoms. The van der Waals surface area contributed by atoms with Gasteiger partial charge in [-0.05, 0) is 51.0 Å². The quantitative estimate of drug-likeness (QED) is 0.760. The Morgan fingerprint density at radius 3 is 2.40 bits per heavy atom. The standard InChI is InChI=1S/C20H28N2O3/c1-20(2,15-6-4-3-5-7-15)19(25)21-16-10-17(11-16)22(13-18(23)24)12-14-8-9-14/h3-7,14,16-17H,8-13H2,1-2H3,(H,21,25)(H,23,24). The monoisotopic (exact) mass is 344 g/mol. The molecule has 0 unspecified atom stereocenters. The molecule has 1 amide bonds. The van der Waals surface area contributed by atoms with Gasteiger partial charge in [-0.3, -0.25) is 14.5 Å². The molecule has 0 heterocycles. The molecule has 0 radical (unpaired) electrons. The van der Waals surface area contributed by atoms with E-state index >= 15 is 0 Å². The summed E-state index contributed by atoms with van der Waals surface area (Å²) in [7, 11) is 0. The molecule has 0 spiro atoms. The topological polar surface area (TPSA) is 69.6 Å². The van der Waals surface area contributed by atoms with Gasteiger partial charge >= 0.3 is 5.97 Å². The lowest BCUT2D eigenvalue weighted by Crippen LogP contribution is -2.57. The van der Waals surface area contributed by atoms with Crippen molar-refractivity contribution in [2.75, 3.05) is 13.1 Å². The first kappa shape index (κ1) is 17.9. The number of nitrogens with one attached hydrogen (secondary N) is 1. The predicted molar refractivity (Wildman–Crippen MR) is 96.4 cm³/mol. The molecule has 0 aromatic heterocycles. The Morgan fingerprint density at radius 1 is 1.20 bits per heavy atom. The van der Waals surface area contributed by atoms with Crippen molar-refractivity contribution in [3.05, 3.63) is 35.9 Å². The number of carbonyl (C=O) groups excluding carboxylic acids is 1. The molecule has 0 bridgehead atoms. The van der Waals surface area contributed by atoms with E-state index in [1.54, 1.807) is 0 Å². The Labute approximate surface area is 149 Å². The first-order valence-corrected chi connectivity index (χ1v) is 9.18. The molecule has 2 N–H and O–H groups in total. The highest BCUT2D eigenvalue weighted by molar-refractivity contribution is 5.87. The zero-order valence-electron chi connectivity index (χ0n) is 15.1. The molecule has 2 aliphatic carbocycles. The van der Waals surface area contributed by atoms with Crippen molar-refractivity contribution in [1.82, 2.24) is 10.2 Å². The summed E-state index contributed by atoms with van der Waals surface area (Å²) in [5.41, 5.74) is 0.436. The minimum absolute atomic E-state index is 0.0362. The largest absolute Gasteiger partial charge is 0.480 e. The van der Waals surface area contributed by atoms with E-state index in [1.807, 2.05) is 44.2 Å². The van der Waals surface area contributed by atoms with Gasteiger partial charge < -0.3 is 10.4 Å². The molecule has 2 saturated carbocycles. The number of hydrogen-bond acceptors (Lipinski definition) is 3. The molecule has 25 heavy (non-hydrogen) atoms. The minimum atomic E-state index is -0.765. The van der Waals surface area contributed by atoms with Gasteiger partial charge in [-0.15, -0.1) is 0 Å². The fourth-order valence-corrected chi connectivity index (χ4v) is 3.50. The molecule has 0 aliphatic heterocycles. The van der Waals surface area contributed by atoms with Crippen molar-refractivity contribution in [1.29, 1.82) is 0 Å². The summed E-state index contributed by atoms with van der Waals surface area (Å²) < 4.78 is 0. The van der Waals surface area contributed by atoms with Gasteiger partial charge in [0, 0.05) is 18.6 Å². The highest BCUT2D eigenvalue weighted by Crippen LogP contribution is 2.34. The number of benzene rings is 1. The second-order valence-electron chi connectivity index (χ2n) is 8.05. The molecular formula is C20H28N2O3. The normalized spacial score (nSPS) is 23.2. The van der Waals surface area contributed by atoms with Crippen LogP contribution in [0.4, 0.5) is 0 Å². The summed E-state index contributed by atoms with van der Waals surface area (Å²) in [5, 5.41) is 12.3. The number of aliphatic carboxylic acids is 1. The van der Waals surface area contributed by atoms with Crippen molar-refractivity contribution < 1.29 is 14.7 Å². The third kappa shape index (κ3) is 4.40. The molecule has 2 aliphatic rings. The maximum absolute atomic E-state index is 12.7. The van der Waals surface area contributed by atoms with Gasteiger partial charge in [0.15, 0.2) is 0 Å². The molecule has 1 aromatic carbocycles. The van der Waals surface area contributed by atoms with Crippen molar-refractivity contribution >= 4 is 11.9 Å². The van der Waals surface area contributed by atoms with Crippen molar-refractivity contribution in [2.45, 2.75) is 57.0 Å². The van der Waals surface area contributed by atoms with Crippen molar-refractivity contribution in [3.63, 3.8) is 0 Å². The fraction of sp³-hybridized carbons (Fsp3) is 0.600. The fourth-order valence-electron chi connectivity index (χ4n) is 3.50. The van der Waals surface area contributed by atoms with Crippen LogP contribution in [0, 0.1) is 5.92 Å². The number of hydrogen-bond donors (Lipinski definition) is 2. The zero-order valence-corrected chi connectivity index (χ0v) is 15.1. The highest BCUT2D eigenvalue weighted by Gasteiger charge is 2.39. The van der Waals surface area contributed by atoms with Gasteiger partial charge in [-0.25, -0.2) is 0 Å². The average Bonchev–Trinajstić information content (AvgIpc) is 3.34. The van der Waals surface area contributed by atoms with E-state index in [4.69, 9.17) is 5.11 Å². The molecule has 3 rings (SSSR count). The van der Waals surface area contributed by atoms with Crippen molar-refractivity contribution in [2.24, 2.45) is 5.92 Å². The first-order chi connectivity index (χ1) is 11.9. The number of rotatable bonds is 8. The van der Waals surface area contributed by atoms with Crippen LogP contribution >= 0.6 is 0 Å². The van der Waals surface area contributed by atoms with E-state index in [1.165, 1.54) is 12.8 Å². The summed E-state index contributed by atoms with van der Waals surface area (Å²) in [6.45, 7) is 4.87. The second-order valence-corrected chi connectivity index (χ2v) is 8.05. The SMILES string of the molecule is CC(C)(C(=O)NC1CC(N(CC(=O)O)CC2CC2)C1)c1ccccc1. The van der Waals surface area contributed by atoms with Crippen LogP contribution in [0.2, 0.25) is 0 Å². The lowest BCUT2D eigenvalue weighted by molar-refractivity contribution is -0.140. The number of nitrogens with zero attached hydrogens (tertiary/aromatic N) is 1. The van der Waals surface area contributed by atoms with Crippen LogP contribution in [0.5, 0.6) is 0 Å². The number of amides is 1. The molecule has 0 atom stereocenters. The van der Waals surface area contributed by atoms with Crippen LogP contribution in [-0.4, -0.2) is 47.1 Å². The van der Waals surface area contributed by atoms with Gasteiger partial charge in [0.2, 0.25) is 5.91 Å². The van der Waals surface area contributed by atoms with Crippen LogP contribution in [0.15, 0.2) is 30.3 Å². The van der Waals surface area contributed by atoms with Gasteiger partial charge in [0.25, 0.3) is 0 Å². The number of carboxylic acid groups (broad SMARTS) is 1. The Bertz CT molecular complexity index is 619. The van der Waals surface area contributed by atoms with Gasteiger partial charge in [0.1, 0.15) is 0 Å². The molecule has 0 saturated heterocycles. The summed E-state index contributed by atoms with van der Waals surface area (Å²) >= 11 is 0. The minimum Gasteiger partial charge on any atom is -0.480 e. The van der Waals surface area contributed by atoms with E-state index < -0.39 is 11.4 Å². The molecule has 5 nitrogen and oxygen atoms in total.